The summed E-state index contributed by atoms with van der Waals surface area (Å²) in [6, 6.07) is 4.45. The van der Waals surface area contributed by atoms with Gasteiger partial charge >= 0.3 is 5.97 Å². The van der Waals surface area contributed by atoms with Crippen molar-refractivity contribution in [1.29, 1.82) is 0 Å². The number of ketones is 1. The van der Waals surface area contributed by atoms with E-state index in [-0.39, 0.29) is 24.4 Å². The van der Waals surface area contributed by atoms with Gasteiger partial charge in [0.15, 0.2) is 5.78 Å². The van der Waals surface area contributed by atoms with Gasteiger partial charge in [-0.25, -0.2) is 0 Å². The topological polar surface area (TPSA) is 74.6 Å². The van der Waals surface area contributed by atoms with Crippen LogP contribution in [0.15, 0.2) is 18.2 Å². The minimum Gasteiger partial charge on any atom is -0.508 e. The van der Waals surface area contributed by atoms with Crippen LogP contribution in [0.5, 0.6) is 5.75 Å². The number of phenolic OH excluding ortho intramolecular Hbond substituents is 1. The van der Waals surface area contributed by atoms with Gasteiger partial charge in [0.25, 0.3) is 0 Å². The summed E-state index contributed by atoms with van der Waals surface area (Å²) >= 11 is 0. The number of carbonyl (C=O) groups excluding carboxylic acids is 1. The zero-order valence-electron chi connectivity index (χ0n) is 8.36. The zero-order chi connectivity index (χ0) is 11.4. The number of rotatable bonds is 4. The van der Waals surface area contributed by atoms with E-state index in [1.165, 1.54) is 25.1 Å². The summed E-state index contributed by atoms with van der Waals surface area (Å²) in [5.74, 6) is -1.00. The molecule has 1 aromatic rings. The Morgan fingerprint density at radius 1 is 1.33 bits per heavy atom. The Morgan fingerprint density at radius 2 is 2.00 bits per heavy atom. The van der Waals surface area contributed by atoms with Gasteiger partial charge in [0.2, 0.25) is 0 Å². The summed E-state index contributed by atoms with van der Waals surface area (Å²) in [4.78, 5) is 21.4. The lowest BCUT2D eigenvalue weighted by molar-refractivity contribution is -0.136. The van der Waals surface area contributed by atoms with Gasteiger partial charge < -0.3 is 10.2 Å². The molecular formula is C11H12O4. The number of aliphatic carboxylic acids is 1. The number of carboxylic acid groups (broad SMARTS) is 1. The number of hydrogen-bond donors (Lipinski definition) is 2. The van der Waals surface area contributed by atoms with Gasteiger partial charge in [-0.2, -0.15) is 0 Å². The van der Waals surface area contributed by atoms with E-state index in [0.29, 0.717) is 11.1 Å². The largest absolute Gasteiger partial charge is 0.508 e. The number of benzene rings is 1. The van der Waals surface area contributed by atoms with Crippen LogP contribution in [-0.4, -0.2) is 22.0 Å². The average Bonchev–Trinajstić information content (AvgIpc) is 2.16. The van der Waals surface area contributed by atoms with E-state index in [1.54, 1.807) is 0 Å². The second-order valence-corrected chi connectivity index (χ2v) is 3.29. The number of phenols is 1. The van der Waals surface area contributed by atoms with Gasteiger partial charge in [-0.15, -0.1) is 0 Å². The summed E-state index contributed by atoms with van der Waals surface area (Å²) < 4.78 is 0. The molecule has 2 N–H and O–H groups in total. The highest BCUT2D eigenvalue weighted by atomic mass is 16.4. The number of hydrogen-bond acceptors (Lipinski definition) is 3. The molecule has 4 nitrogen and oxygen atoms in total. The molecule has 0 bridgehead atoms. The molecule has 0 aliphatic carbocycles. The van der Waals surface area contributed by atoms with E-state index in [2.05, 4.69) is 0 Å². The maximum Gasteiger partial charge on any atom is 0.303 e. The first-order valence-electron chi connectivity index (χ1n) is 4.55. The molecule has 0 unspecified atom stereocenters. The fourth-order valence-electron chi connectivity index (χ4n) is 1.25. The van der Waals surface area contributed by atoms with Crippen LogP contribution in [0.4, 0.5) is 0 Å². The van der Waals surface area contributed by atoms with Crippen molar-refractivity contribution in [1.82, 2.24) is 0 Å². The standard InChI is InChI=1S/C11H12O4/c1-7(12)8-2-4-10(13)9(6-8)3-5-11(14)15/h2,4,6,13H,3,5H2,1H3,(H,14,15). The van der Waals surface area contributed by atoms with Crippen molar-refractivity contribution in [2.75, 3.05) is 0 Å². The van der Waals surface area contributed by atoms with Crippen LogP contribution in [-0.2, 0) is 11.2 Å². The first-order valence-corrected chi connectivity index (χ1v) is 4.55. The number of aromatic hydroxyl groups is 1. The second kappa shape index (κ2) is 4.59. The number of Topliss-reactive ketones (excluding diaryl/α,β-unsaturated/α-hetero) is 1. The van der Waals surface area contributed by atoms with Crippen molar-refractivity contribution >= 4 is 11.8 Å². The molecule has 0 spiro atoms. The molecule has 0 saturated heterocycles. The van der Waals surface area contributed by atoms with Gasteiger partial charge in [0, 0.05) is 12.0 Å². The van der Waals surface area contributed by atoms with E-state index in [0.717, 1.165) is 0 Å². The molecule has 0 aliphatic rings. The van der Waals surface area contributed by atoms with E-state index in [1.807, 2.05) is 0 Å². The molecule has 0 saturated carbocycles. The predicted octanol–water partition coefficient (Wildman–Crippen LogP) is 1.61. The molecule has 15 heavy (non-hydrogen) atoms. The zero-order valence-corrected chi connectivity index (χ0v) is 8.36. The van der Waals surface area contributed by atoms with Gasteiger partial charge in [-0.05, 0) is 37.1 Å². The molecule has 0 amide bonds. The van der Waals surface area contributed by atoms with Gasteiger partial charge in [-0.3, -0.25) is 9.59 Å². The Hall–Kier alpha value is -1.84. The van der Waals surface area contributed by atoms with Crippen LogP contribution in [0.1, 0.15) is 29.3 Å². The monoisotopic (exact) mass is 208 g/mol. The van der Waals surface area contributed by atoms with Gasteiger partial charge in [-0.1, -0.05) is 0 Å². The molecule has 80 valence electrons. The van der Waals surface area contributed by atoms with E-state index >= 15 is 0 Å². The molecule has 4 heteroatoms. The predicted molar refractivity (Wildman–Crippen MR) is 54.1 cm³/mol. The number of carbonyl (C=O) groups is 2. The molecule has 0 radical (unpaired) electrons. The summed E-state index contributed by atoms with van der Waals surface area (Å²) in [6.45, 7) is 1.42. The summed E-state index contributed by atoms with van der Waals surface area (Å²) in [7, 11) is 0. The molecule has 0 fully saturated rings. The summed E-state index contributed by atoms with van der Waals surface area (Å²) in [5, 5.41) is 17.9. The molecule has 0 atom stereocenters. The van der Waals surface area contributed by atoms with Crippen molar-refractivity contribution in [3.63, 3.8) is 0 Å². The van der Waals surface area contributed by atoms with Crippen LogP contribution < -0.4 is 0 Å². The van der Waals surface area contributed by atoms with Crippen molar-refractivity contribution in [2.45, 2.75) is 19.8 Å². The lowest BCUT2D eigenvalue weighted by Crippen LogP contribution is -1.99. The third kappa shape index (κ3) is 3.09. The highest BCUT2D eigenvalue weighted by molar-refractivity contribution is 5.94. The Labute approximate surface area is 87.2 Å². The first-order chi connectivity index (χ1) is 7.00. The fourth-order valence-corrected chi connectivity index (χ4v) is 1.25. The minimum atomic E-state index is -0.928. The minimum absolute atomic E-state index is 0.0289. The third-order valence-corrected chi connectivity index (χ3v) is 2.09. The quantitative estimate of drug-likeness (QED) is 0.737. The van der Waals surface area contributed by atoms with Crippen LogP contribution >= 0.6 is 0 Å². The molecular weight excluding hydrogens is 196 g/mol. The third-order valence-electron chi connectivity index (χ3n) is 2.09. The Bertz CT molecular complexity index is 396. The van der Waals surface area contributed by atoms with Crippen LogP contribution in [0.25, 0.3) is 0 Å². The molecule has 1 rings (SSSR count). The molecule has 0 heterocycles. The molecule has 0 aromatic heterocycles. The Balaban J connectivity index is 2.90. The average molecular weight is 208 g/mol. The SMILES string of the molecule is CC(=O)c1ccc(O)c(CCC(=O)O)c1. The normalized spacial score (nSPS) is 9.93. The van der Waals surface area contributed by atoms with E-state index in [4.69, 9.17) is 5.11 Å². The van der Waals surface area contributed by atoms with Crippen molar-refractivity contribution in [3.05, 3.63) is 29.3 Å². The summed E-state index contributed by atoms with van der Waals surface area (Å²) in [6.07, 6.45) is 0.164. The highest BCUT2D eigenvalue weighted by Crippen LogP contribution is 2.20. The van der Waals surface area contributed by atoms with Crippen LogP contribution in [0.3, 0.4) is 0 Å². The Kier molecular flexibility index (Phi) is 3.44. The highest BCUT2D eigenvalue weighted by Gasteiger charge is 2.07. The van der Waals surface area contributed by atoms with E-state index in [9.17, 15) is 14.7 Å². The van der Waals surface area contributed by atoms with Crippen LogP contribution in [0, 0.1) is 0 Å². The maximum atomic E-state index is 11.0. The van der Waals surface area contributed by atoms with Crippen molar-refractivity contribution < 1.29 is 19.8 Å². The van der Waals surface area contributed by atoms with Crippen LogP contribution in [0.2, 0.25) is 0 Å². The van der Waals surface area contributed by atoms with Gasteiger partial charge in [0.05, 0.1) is 0 Å². The molecule has 0 aliphatic heterocycles. The number of aryl methyl sites for hydroxylation is 1. The van der Waals surface area contributed by atoms with Gasteiger partial charge in [0.1, 0.15) is 5.75 Å². The maximum absolute atomic E-state index is 11.0. The lowest BCUT2D eigenvalue weighted by atomic mass is 10.0. The van der Waals surface area contributed by atoms with Crippen molar-refractivity contribution in [2.24, 2.45) is 0 Å². The van der Waals surface area contributed by atoms with Crippen molar-refractivity contribution in [3.8, 4) is 5.75 Å². The fraction of sp³-hybridized carbons (Fsp3) is 0.273. The lowest BCUT2D eigenvalue weighted by Gasteiger charge is -2.04. The Morgan fingerprint density at radius 3 is 2.53 bits per heavy atom. The molecule has 1 aromatic carbocycles. The number of carboxylic acids is 1. The van der Waals surface area contributed by atoms with E-state index < -0.39 is 5.97 Å². The first kappa shape index (κ1) is 11.2. The second-order valence-electron chi connectivity index (χ2n) is 3.29. The smallest absolute Gasteiger partial charge is 0.303 e. The summed E-state index contributed by atoms with van der Waals surface area (Å²) in [5.41, 5.74) is 0.971.